The van der Waals surface area contributed by atoms with Crippen LogP contribution < -0.4 is 24.6 Å². The predicted molar refractivity (Wildman–Crippen MR) is 167 cm³/mol. The van der Waals surface area contributed by atoms with Gasteiger partial charge in [0.15, 0.2) is 0 Å². The van der Waals surface area contributed by atoms with Crippen LogP contribution in [-0.2, 0) is 20.9 Å². The molecule has 13 heteroatoms. The molecule has 1 aromatic heterocycles. The van der Waals surface area contributed by atoms with Gasteiger partial charge in [-0.2, -0.15) is 0 Å². The molecular weight excluding hydrogens is 633 g/mol. The molecule has 3 heterocycles. The number of thioether (sulfide) groups is 1. The van der Waals surface area contributed by atoms with Crippen molar-refractivity contribution in [2.24, 2.45) is 5.92 Å². The molecule has 0 radical (unpaired) electrons. The fourth-order valence-electron chi connectivity index (χ4n) is 5.33. The van der Waals surface area contributed by atoms with Crippen LogP contribution in [0.5, 0.6) is 11.5 Å². The molecule has 0 bridgehead atoms. The zero-order valence-corrected chi connectivity index (χ0v) is 25.9. The third-order valence-electron chi connectivity index (χ3n) is 7.36. The standard InChI is InChI=1S/C30H23Cl2N3O6S2/c1-40-18-8-3-15(4-9-18)23-24-25(28(38)35(27(24)37)17-6-10-19(41-2)11-7-17)42-29-26(23)43-30(39)34(29)14-22(36)33-16-5-12-20(31)21(32)13-16/h3-13,23-25H,14H2,1-2H3,(H,33,36)/t23-,24?,25?/m1/s1. The first-order valence-corrected chi connectivity index (χ1v) is 15.5. The SMILES string of the molecule is COc1ccc([C@H]2c3sc(=O)n(CC(=O)Nc4ccc(Cl)c(Cl)c4)c3SC3C(=O)N(c4ccc(OC)cc4)C(=O)C32)cc1. The molecule has 43 heavy (non-hydrogen) atoms. The Bertz CT molecular complexity index is 1810. The first-order valence-electron chi connectivity index (χ1n) is 13.0. The summed E-state index contributed by atoms with van der Waals surface area (Å²) in [7, 11) is 3.09. The number of carbonyl (C=O) groups is 3. The highest BCUT2D eigenvalue weighted by molar-refractivity contribution is 8.00. The van der Waals surface area contributed by atoms with Crippen molar-refractivity contribution >= 4 is 75.4 Å². The van der Waals surface area contributed by atoms with Gasteiger partial charge in [0, 0.05) is 16.5 Å². The zero-order chi connectivity index (χ0) is 30.4. The number of benzene rings is 3. The van der Waals surface area contributed by atoms with Gasteiger partial charge in [0.1, 0.15) is 23.3 Å². The van der Waals surface area contributed by atoms with E-state index in [1.807, 2.05) is 12.1 Å². The Hall–Kier alpha value is -3.77. The summed E-state index contributed by atoms with van der Waals surface area (Å²) in [6.07, 6.45) is 0. The van der Waals surface area contributed by atoms with Crippen molar-refractivity contribution in [3.8, 4) is 11.5 Å². The number of hydrogen-bond acceptors (Lipinski definition) is 8. The lowest BCUT2D eigenvalue weighted by Gasteiger charge is -2.30. The second-order valence-corrected chi connectivity index (χ2v) is 12.8. The number of carbonyl (C=O) groups excluding carboxylic acids is 3. The van der Waals surface area contributed by atoms with Gasteiger partial charge in [-0.1, -0.05) is 58.4 Å². The number of fused-ring (bicyclic) bond motifs is 2. The molecule has 2 aliphatic heterocycles. The number of anilines is 2. The van der Waals surface area contributed by atoms with Crippen molar-refractivity contribution < 1.29 is 23.9 Å². The molecule has 1 saturated heterocycles. The van der Waals surface area contributed by atoms with Crippen LogP contribution in [0.2, 0.25) is 10.0 Å². The molecule has 2 unspecified atom stereocenters. The smallest absolute Gasteiger partial charge is 0.308 e. The highest BCUT2D eigenvalue weighted by Crippen LogP contribution is 2.54. The van der Waals surface area contributed by atoms with E-state index >= 15 is 0 Å². The third kappa shape index (κ3) is 5.31. The van der Waals surface area contributed by atoms with Crippen LogP contribution in [0.1, 0.15) is 16.4 Å². The van der Waals surface area contributed by atoms with Crippen molar-refractivity contribution in [2.75, 3.05) is 24.4 Å². The summed E-state index contributed by atoms with van der Waals surface area (Å²) in [4.78, 5) is 55.8. The molecule has 3 atom stereocenters. The van der Waals surface area contributed by atoms with Gasteiger partial charge in [-0.15, -0.1) is 0 Å². The molecule has 2 aliphatic rings. The molecule has 220 valence electrons. The predicted octanol–water partition coefficient (Wildman–Crippen LogP) is 5.67. The number of rotatable bonds is 7. The average molecular weight is 657 g/mol. The van der Waals surface area contributed by atoms with E-state index < -0.39 is 23.0 Å². The Morgan fingerprint density at radius 3 is 2.16 bits per heavy atom. The van der Waals surface area contributed by atoms with Gasteiger partial charge in [-0.05, 0) is 60.2 Å². The molecule has 6 rings (SSSR count). The van der Waals surface area contributed by atoms with Crippen LogP contribution >= 0.6 is 46.3 Å². The van der Waals surface area contributed by atoms with Crippen LogP contribution in [-0.4, -0.2) is 41.8 Å². The van der Waals surface area contributed by atoms with Gasteiger partial charge in [0.2, 0.25) is 17.7 Å². The first kappa shape index (κ1) is 29.3. The molecule has 3 amide bonds. The van der Waals surface area contributed by atoms with Crippen LogP contribution in [0, 0.1) is 5.92 Å². The minimum atomic E-state index is -0.812. The molecule has 1 fully saturated rings. The summed E-state index contributed by atoms with van der Waals surface area (Å²) < 4.78 is 11.9. The zero-order valence-electron chi connectivity index (χ0n) is 22.7. The number of ether oxygens (including phenoxy) is 2. The van der Waals surface area contributed by atoms with Gasteiger partial charge in [0.25, 0.3) is 0 Å². The number of thiazole rings is 1. The van der Waals surface area contributed by atoms with Gasteiger partial charge >= 0.3 is 4.87 Å². The molecule has 3 aromatic carbocycles. The molecule has 0 aliphatic carbocycles. The summed E-state index contributed by atoms with van der Waals surface area (Å²) in [6.45, 7) is -0.297. The van der Waals surface area contributed by atoms with Crippen LogP contribution in [0.4, 0.5) is 11.4 Å². The number of methoxy groups -OCH3 is 2. The lowest BCUT2D eigenvalue weighted by atomic mass is 9.83. The monoisotopic (exact) mass is 655 g/mol. The van der Waals surface area contributed by atoms with E-state index in [1.54, 1.807) is 55.6 Å². The topological polar surface area (TPSA) is 107 Å². The van der Waals surface area contributed by atoms with Crippen LogP contribution in [0.3, 0.4) is 0 Å². The Kier molecular flexibility index (Phi) is 7.99. The van der Waals surface area contributed by atoms with E-state index in [1.165, 1.54) is 22.6 Å². The van der Waals surface area contributed by atoms with Crippen molar-refractivity contribution in [1.29, 1.82) is 0 Å². The highest BCUT2D eigenvalue weighted by Gasteiger charge is 2.56. The Morgan fingerprint density at radius 2 is 1.53 bits per heavy atom. The average Bonchev–Trinajstić information content (AvgIpc) is 3.45. The Balaban J connectivity index is 1.39. The van der Waals surface area contributed by atoms with E-state index in [2.05, 4.69) is 5.32 Å². The largest absolute Gasteiger partial charge is 0.497 e. The number of nitrogens with zero attached hydrogens (tertiary/aromatic N) is 2. The second-order valence-electron chi connectivity index (χ2n) is 9.83. The minimum Gasteiger partial charge on any atom is -0.497 e. The van der Waals surface area contributed by atoms with Crippen LogP contribution in [0.25, 0.3) is 0 Å². The van der Waals surface area contributed by atoms with Crippen molar-refractivity contribution in [2.45, 2.75) is 22.7 Å². The molecule has 9 nitrogen and oxygen atoms in total. The van der Waals surface area contributed by atoms with Crippen molar-refractivity contribution in [3.05, 3.63) is 96.9 Å². The number of amides is 3. The maximum Gasteiger partial charge on any atom is 0.308 e. The Morgan fingerprint density at radius 1 is 0.884 bits per heavy atom. The normalized spacial score (nSPS) is 19.2. The fourth-order valence-corrected chi connectivity index (χ4v) is 8.40. The highest BCUT2D eigenvalue weighted by atomic mass is 35.5. The lowest BCUT2D eigenvalue weighted by Crippen LogP contribution is -2.33. The summed E-state index contributed by atoms with van der Waals surface area (Å²) in [6, 6.07) is 18.6. The molecular formula is C30H23Cl2N3O6S2. The lowest BCUT2D eigenvalue weighted by molar-refractivity contribution is -0.122. The quantitative estimate of drug-likeness (QED) is 0.256. The number of hydrogen-bond donors (Lipinski definition) is 1. The molecule has 4 aromatic rings. The van der Waals surface area contributed by atoms with Gasteiger partial charge < -0.3 is 14.8 Å². The van der Waals surface area contributed by atoms with Gasteiger partial charge in [-0.3, -0.25) is 23.7 Å². The van der Waals surface area contributed by atoms with Gasteiger partial charge in [0.05, 0.1) is 40.9 Å². The minimum absolute atomic E-state index is 0.277. The number of nitrogens with one attached hydrogen (secondary N) is 1. The van der Waals surface area contributed by atoms with E-state index in [0.29, 0.717) is 37.8 Å². The van der Waals surface area contributed by atoms with Crippen molar-refractivity contribution in [1.82, 2.24) is 4.57 Å². The maximum absolute atomic E-state index is 14.0. The first-order chi connectivity index (χ1) is 20.7. The number of imide groups is 1. The Labute approximate surface area is 264 Å². The van der Waals surface area contributed by atoms with E-state index in [-0.39, 0.29) is 28.3 Å². The summed E-state index contributed by atoms with van der Waals surface area (Å²) in [5.74, 6) is -1.34. The molecule has 0 spiro atoms. The van der Waals surface area contributed by atoms with E-state index in [4.69, 9.17) is 32.7 Å². The maximum atomic E-state index is 14.0. The number of aromatic nitrogens is 1. The van der Waals surface area contributed by atoms with E-state index in [0.717, 1.165) is 28.7 Å². The summed E-state index contributed by atoms with van der Waals surface area (Å²) >= 11 is 14.2. The van der Waals surface area contributed by atoms with Crippen LogP contribution in [0.15, 0.2) is 76.6 Å². The number of halogens is 2. The molecule has 0 saturated carbocycles. The summed E-state index contributed by atoms with van der Waals surface area (Å²) in [5, 5.41) is 3.03. The fraction of sp³-hybridized carbons (Fsp3) is 0.200. The molecule has 1 N–H and O–H groups in total. The summed E-state index contributed by atoms with van der Waals surface area (Å²) in [5.41, 5.74) is 1.61. The second kappa shape index (κ2) is 11.7. The van der Waals surface area contributed by atoms with Crippen molar-refractivity contribution in [3.63, 3.8) is 0 Å². The van der Waals surface area contributed by atoms with Gasteiger partial charge in [-0.25, -0.2) is 4.90 Å². The third-order valence-corrected chi connectivity index (χ3v) is 10.7. The van der Waals surface area contributed by atoms with E-state index in [9.17, 15) is 19.2 Å².